The van der Waals surface area contributed by atoms with Crippen LogP contribution in [0.3, 0.4) is 0 Å². The van der Waals surface area contributed by atoms with Crippen molar-refractivity contribution in [1.29, 1.82) is 0 Å². The van der Waals surface area contributed by atoms with E-state index in [0.717, 1.165) is 23.4 Å². The van der Waals surface area contributed by atoms with Gasteiger partial charge in [-0.1, -0.05) is 12.1 Å². The summed E-state index contributed by atoms with van der Waals surface area (Å²) < 4.78 is 10.7. The van der Waals surface area contributed by atoms with Crippen LogP contribution >= 0.6 is 0 Å². The number of hydrogen-bond donors (Lipinski definition) is 2. The number of nitrogens with two attached hydrogens (primary N) is 1. The number of H-pyrrole nitrogens is 1. The van der Waals surface area contributed by atoms with Gasteiger partial charge in [-0.3, -0.25) is 5.10 Å². The molecule has 0 radical (unpaired) electrons. The second-order valence-electron chi connectivity index (χ2n) is 3.97. The van der Waals surface area contributed by atoms with Gasteiger partial charge in [0, 0.05) is 18.2 Å². The molecule has 0 aliphatic rings. The molecule has 5 nitrogen and oxygen atoms in total. The molecule has 1 aromatic heterocycles. The molecule has 0 fully saturated rings. The SMILES string of the molecule is COc1ccc(COCCc2cc(N)n[nH]2)cc1. The summed E-state index contributed by atoms with van der Waals surface area (Å²) in [5, 5.41) is 6.70. The van der Waals surface area contributed by atoms with Crippen molar-refractivity contribution in [1.82, 2.24) is 10.2 Å². The summed E-state index contributed by atoms with van der Waals surface area (Å²) in [6, 6.07) is 9.65. The van der Waals surface area contributed by atoms with Gasteiger partial charge in [0.1, 0.15) is 11.6 Å². The van der Waals surface area contributed by atoms with Crippen molar-refractivity contribution < 1.29 is 9.47 Å². The summed E-state index contributed by atoms with van der Waals surface area (Å²) in [5.41, 5.74) is 7.62. The van der Waals surface area contributed by atoms with Crippen LogP contribution in [-0.2, 0) is 17.8 Å². The van der Waals surface area contributed by atoms with E-state index in [2.05, 4.69) is 10.2 Å². The van der Waals surface area contributed by atoms with E-state index in [4.69, 9.17) is 15.2 Å². The van der Waals surface area contributed by atoms with Gasteiger partial charge in [-0.2, -0.15) is 5.10 Å². The Bertz CT molecular complexity index is 479. The van der Waals surface area contributed by atoms with Crippen molar-refractivity contribution in [2.75, 3.05) is 19.5 Å². The number of rotatable bonds is 6. The van der Waals surface area contributed by atoms with Gasteiger partial charge in [-0.05, 0) is 17.7 Å². The molecule has 5 heteroatoms. The molecule has 0 unspecified atom stereocenters. The quantitative estimate of drug-likeness (QED) is 0.763. The fraction of sp³-hybridized carbons (Fsp3) is 0.308. The van der Waals surface area contributed by atoms with Gasteiger partial charge in [0.15, 0.2) is 0 Å². The van der Waals surface area contributed by atoms with E-state index in [1.54, 1.807) is 7.11 Å². The smallest absolute Gasteiger partial charge is 0.145 e. The van der Waals surface area contributed by atoms with Gasteiger partial charge in [-0.15, -0.1) is 0 Å². The molecule has 0 saturated carbocycles. The largest absolute Gasteiger partial charge is 0.497 e. The highest BCUT2D eigenvalue weighted by Crippen LogP contribution is 2.12. The van der Waals surface area contributed by atoms with Gasteiger partial charge in [0.2, 0.25) is 0 Å². The number of hydrogen-bond acceptors (Lipinski definition) is 4. The molecule has 96 valence electrons. The molecule has 0 aliphatic heterocycles. The van der Waals surface area contributed by atoms with Gasteiger partial charge >= 0.3 is 0 Å². The molecule has 0 spiro atoms. The lowest BCUT2D eigenvalue weighted by Gasteiger charge is -2.04. The van der Waals surface area contributed by atoms with E-state index < -0.39 is 0 Å². The molecule has 3 N–H and O–H groups in total. The Hall–Kier alpha value is -2.01. The first-order valence-corrected chi connectivity index (χ1v) is 5.78. The van der Waals surface area contributed by atoms with Gasteiger partial charge < -0.3 is 15.2 Å². The van der Waals surface area contributed by atoms with Crippen LogP contribution in [0.1, 0.15) is 11.3 Å². The molecule has 0 bridgehead atoms. The number of nitrogens with zero attached hydrogens (tertiary/aromatic N) is 1. The molecule has 1 aromatic carbocycles. The van der Waals surface area contributed by atoms with Crippen LogP contribution in [0.5, 0.6) is 5.75 Å². The molecule has 18 heavy (non-hydrogen) atoms. The zero-order valence-electron chi connectivity index (χ0n) is 10.3. The van der Waals surface area contributed by atoms with E-state index in [1.165, 1.54) is 0 Å². The van der Waals surface area contributed by atoms with Crippen molar-refractivity contribution in [2.24, 2.45) is 0 Å². The predicted molar refractivity (Wildman–Crippen MR) is 69.4 cm³/mol. The minimum Gasteiger partial charge on any atom is -0.497 e. The zero-order valence-corrected chi connectivity index (χ0v) is 10.3. The number of aromatic nitrogens is 2. The summed E-state index contributed by atoms with van der Waals surface area (Å²) in [6.45, 7) is 1.22. The monoisotopic (exact) mass is 247 g/mol. The first-order valence-electron chi connectivity index (χ1n) is 5.78. The van der Waals surface area contributed by atoms with Crippen molar-refractivity contribution in [2.45, 2.75) is 13.0 Å². The third kappa shape index (κ3) is 3.49. The second-order valence-corrected chi connectivity index (χ2v) is 3.97. The van der Waals surface area contributed by atoms with Crippen molar-refractivity contribution in [3.05, 3.63) is 41.6 Å². The Morgan fingerprint density at radius 3 is 2.67 bits per heavy atom. The van der Waals surface area contributed by atoms with Crippen LogP contribution < -0.4 is 10.5 Å². The van der Waals surface area contributed by atoms with E-state index in [1.807, 2.05) is 30.3 Å². The van der Waals surface area contributed by atoms with Crippen LogP contribution in [0, 0.1) is 0 Å². The highest BCUT2D eigenvalue weighted by Gasteiger charge is 1.98. The van der Waals surface area contributed by atoms with Gasteiger partial charge in [0.25, 0.3) is 0 Å². The minimum absolute atomic E-state index is 0.514. The number of ether oxygens (including phenoxy) is 2. The molecular formula is C13H17N3O2. The lowest BCUT2D eigenvalue weighted by Crippen LogP contribution is -1.99. The molecule has 0 amide bonds. The van der Waals surface area contributed by atoms with Crippen LogP contribution in [0.25, 0.3) is 0 Å². The summed E-state index contributed by atoms with van der Waals surface area (Å²) in [7, 11) is 1.65. The normalized spacial score (nSPS) is 10.5. The molecular weight excluding hydrogens is 230 g/mol. The number of aromatic amines is 1. The standard InChI is InChI=1S/C13H17N3O2/c1-17-12-4-2-10(3-5-12)9-18-7-6-11-8-13(14)16-15-11/h2-5,8H,6-7,9H2,1H3,(H3,14,15,16). The third-order valence-electron chi connectivity index (χ3n) is 2.59. The van der Waals surface area contributed by atoms with Crippen molar-refractivity contribution in [3.8, 4) is 5.75 Å². The predicted octanol–water partition coefficient (Wildman–Crippen LogP) is 1.76. The first kappa shape index (κ1) is 12.4. The number of methoxy groups -OCH3 is 1. The molecule has 2 rings (SSSR count). The second kappa shape index (κ2) is 6.07. The Morgan fingerprint density at radius 2 is 2.06 bits per heavy atom. The molecule has 2 aromatic rings. The van der Waals surface area contributed by atoms with Crippen LogP contribution in [0.15, 0.2) is 30.3 Å². The van der Waals surface area contributed by atoms with Crippen LogP contribution in [0.4, 0.5) is 5.82 Å². The summed E-state index contributed by atoms with van der Waals surface area (Å²) >= 11 is 0. The Morgan fingerprint density at radius 1 is 1.28 bits per heavy atom. The number of benzene rings is 1. The minimum atomic E-state index is 0.514. The summed E-state index contributed by atoms with van der Waals surface area (Å²) in [5.74, 6) is 1.37. The van der Waals surface area contributed by atoms with Crippen molar-refractivity contribution >= 4 is 5.82 Å². The van der Waals surface area contributed by atoms with E-state index in [9.17, 15) is 0 Å². The Labute approximate surface area is 106 Å². The van der Waals surface area contributed by atoms with Gasteiger partial charge in [-0.25, -0.2) is 0 Å². The lowest BCUT2D eigenvalue weighted by atomic mass is 10.2. The third-order valence-corrected chi connectivity index (χ3v) is 2.59. The fourth-order valence-electron chi connectivity index (χ4n) is 1.60. The molecule has 0 aliphatic carbocycles. The summed E-state index contributed by atoms with van der Waals surface area (Å²) in [4.78, 5) is 0. The average molecular weight is 247 g/mol. The lowest BCUT2D eigenvalue weighted by molar-refractivity contribution is 0.123. The fourth-order valence-corrected chi connectivity index (χ4v) is 1.60. The first-order chi connectivity index (χ1) is 8.78. The molecule has 0 atom stereocenters. The number of nitrogen functional groups attached to an aromatic ring is 1. The summed E-state index contributed by atoms with van der Waals surface area (Å²) in [6.07, 6.45) is 0.778. The van der Waals surface area contributed by atoms with E-state index in [0.29, 0.717) is 19.0 Å². The molecule has 0 saturated heterocycles. The number of anilines is 1. The van der Waals surface area contributed by atoms with Crippen LogP contribution in [0.2, 0.25) is 0 Å². The highest BCUT2D eigenvalue weighted by molar-refractivity contribution is 5.28. The number of nitrogens with one attached hydrogen (secondary N) is 1. The average Bonchev–Trinajstić information content (AvgIpc) is 2.81. The maximum Gasteiger partial charge on any atom is 0.145 e. The van der Waals surface area contributed by atoms with Crippen molar-refractivity contribution in [3.63, 3.8) is 0 Å². The Kier molecular flexibility index (Phi) is 4.20. The highest BCUT2D eigenvalue weighted by atomic mass is 16.5. The van der Waals surface area contributed by atoms with Crippen LogP contribution in [-0.4, -0.2) is 23.9 Å². The Balaban J connectivity index is 1.71. The van der Waals surface area contributed by atoms with Gasteiger partial charge in [0.05, 0.1) is 20.3 Å². The maximum atomic E-state index is 5.58. The van der Waals surface area contributed by atoms with E-state index >= 15 is 0 Å². The maximum absolute atomic E-state index is 5.58. The topological polar surface area (TPSA) is 73.2 Å². The molecule has 1 heterocycles. The zero-order chi connectivity index (χ0) is 12.8. The van der Waals surface area contributed by atoms with E-state index in [-0.39, 0.29) is 0 Å².